The van der Waals surface area contributed by atoms with E-state index in [0.717, 1.165) is 23.9 Å². The van der Waals surface area contributed by atoms with Crippen molar-refractivity contribution in [3.63, 3.8) is 0 Å². The van der Waals surface area contributed by atoms with E-state index < -0.39 is 5.97 Å². The molecule has 0 spiro atoms. The Bertz CT molecular complexity index is 969. The molecule has 8 heteroatoms. The average molecular weight is 416 g/mol. The highest BCUT2D eigenvalue weighted by atomic mass is 35.5. The Morgan fingerprint density at radius 3 is 2.54 bits per heavy atom. The number of carboxylic acid groups (broad SMARTS) is 1. The molecule has 0 radical (unpaired) electrons. The SMILES string of the molecule is CCCOc1ccc(/C=C(/Sc2nnc(-c3ccc(Cl)cc3)o2)C(=O)[O-])cc1. The maximum Gasteiger partial charge on any atom is 0.281 e. The number of aromatic nitrogens is 2. The van der Waals surface area contributed by atoms with Crippen molar-refractivity contribution in [2.75, 3.05) is 6.61 Å². The van der Waals surface area contributed by atoms with Crippen LogP contribution in [0.15, 0.2) is 63.1 Å². The van der Waals surface area contributed by atoms with E-state index in [1.165, 1.54) is 6.08 Å². The molecule has 0 bridgehead atoms. The van der Waals surface area contributed by atoms with Crippen LogP contribution in [0.3, 0.4) is 0 Å². The number of aliphatic carboxylic acids is 1. The standard InChI is InChI=1S/C20H17ClN2O4S/c1-2-11-26-16-9-3-13(4-10-16)12-17(19(24)25)28-20-23-22-18(27-20)14-5-7-15(21)8-6-14/h3-10,12H,2,11H2,1H3,(H,24,25)/p-1/b17-12+. The van der Waals surface area contributed by atoms with Gasteiger partial charge in [0.1, 0.15) is 5.75 Å². The van der Waals surface area contributed by atoms with Crippen molar-refractivity contribution < 1.29 is 19.1 Å². The number of benzene rings is 2. The first-order valence-electron chi connectivity index (χ1n) is 8.48. The highest BCUT2D eigenvalue weighted by Gasteiger charge is 2.12. The van der Waals surface area contributed by atoms with E-state index in [-0.39, 0.29) is 16.0 Å². The molecule has 0 aliphatic rings. The van der Waals surface area contributed by atoms with E-state index in [1.54, 1.807) is 48.5 Å². The molecule has 0 aliphatic heterocycles. The van der Waals surface area contributed by atoms with E-state index in [1.807, 2.05) is 6.92 Å². The van der Waals surface area contributed by atoms with Crippen molar-refractivity contribution in [2.45, 2.75) is 18.6 Å². The molecule has 6 nitrogen and oxygen atoms in total. The molecule has 1 heterocycles. The van der Waals surface area contributed by atoms with Gasteiger partial charge in [-0.05, 0) is 66.2 Å². The van der Waals surface area contributed by atoms with Crippen LogP contribution in [0, 0.1) is 0 Å². The fraction of sp³-hybridized carbons (Fsp3) is 0.150. The minimum absolute atomic E-state index is 0.0477. The van der Waals surface area contributed by atoms with Crippen LogP contribution in [0.2, 0.25) is 5.02 Å². The van der Waals surface area contributed by atoms with Gasteiger partial charge in [-0.1, -0.05) is 30.7 Å². The van der Waals surface area contributed by atoms with Gasteiger partial charge in [-0.3, -0.25) is 0 Å². The predicted molar refractivity (Wildman–Crippen MR) is 106 cm³/mol. The lowest BCUT2D eigenvalue weighted by Crippen LogP contribution is -2.23. The van der Waals surface area contributed by atoms with Crippen LogP contribution < -0.4 is 9.84 Å². The average Bonchev–Trinajstić information content (AvgIpc) is 3.16. The van der Waals surface area contributed by atoms with Gasteiger partial charge < -0.3 is 19.1 Å². The molecule has 0 saturated carbocycles. The summed E-state index contributed by atoms with van der Waals surface area (Å²) in [5, 5.41) is 20.0. The zero-order chi connectivity index (χ0) is 19.9. The maximum atomic E-state index is 11.5. The number of thioether (sulfide) groups is 1. The highest BCUT2D eigenvalue weighted by Crippen LogP contribution is 2.30. The van der Waals surface area contributed by atoms with Crippen molar-refractivity contribution in [3.8, 4) is 17.2 Å². The van der Waals surface area contributed by atoms with Crippen LogP contribution in [0.1, 0.15) is 18.9 Å². The first kappa shape index (κ1) is 20.0. The van der Waals surface area contributed by atoms with Crippen molar-refractivity contribution in [1.29, 1.82) is 0 Å². The molecule has 0 N–H and O–H groups in total. The summed E-state index contributed by atoms with van der Waals surface area (Å²) in [6.45, 7) is 2.65. The summed E-state index contributed by atoms with van der Waals surface area (Å²) in [6, 6.07) is 14.0. The second-order valence-corrected chi connectivity index (χ2v) is 7.13. The number of rotatable bonds is 8. The van der Waals surface area contributed by atoms with Crippen molar-refractivity contribution in [1.82, 2.24) is 10.2 Å². The van der Waals surface area contributed by atoms with E-state index >= 15 is 0 Å². The van der Waals surface area contributed by atoms with Gasteiger partial charge in [-0.25, -0.2) is 0 Å². The first-order valence-corrected chi connectivity index (χ1v) is 9.68. The summed E-state index contributed by atoms with van der Waals surface area (Å²) in [7, 11) is 0. The van der Waals surface area contributed by atoms with Gasteiger partial charge in [-0.2, -0.15) is 0 Å². The number of carbonyl (C=O) groups excluding carboxylic acids is 1. The Balaban J connectivity index is 1.75. The summed E-state index contributed by atoms with van der Waals surface area (Å²) < 4.78 is 11.1. The lowest BCUT2D eigenvalue weighted by molar-refractivity contribution is -0.298. The van der Waals surface area contributed by atoms with Gasteiger partial charge in [0.2, 0.25) is 5.89 Å². The summed E-state index contributed by atoms with van der Waals surface area (Å²) in [5.41, 5.74) is 1.37. The van der Waals surface area contributed by atoms with E-state index in [9.17, 15) is 9.90 Å². The summed E-state index contributed by atoms with van der Waals surface area (Å²) in [4.78, 5) is 11.5. The molecule has 0 aliphatic carbocycles. The predicted octanol–water partition coefficient (Wildman–Crippen LogP) is 4.06. The number of carbonyl (C=O) groups is 1. The number of hydrogen-bond acceptors (Lipinski definition) is 7. The molecular formula is C20H16ClN2O4S-. The second-order valence-electron chi connectivity index (χ2n) is 5.70. The van der Waals surface area contributed by atoms with Gasteiger partial charge in [-0.15, -0.1) is 10.2 Å². The molecule has 1 aromatic heterocycles. The molecule has 0 fully saturated rings. The van der Waals surface area contributed by atoms with Gasteiger partial charge >= 0.3 is 0 Å². The summed E-state index contributed by atoms with van der Waals surface area (Å²) in [6.07, 6.45) is 2.39. The summed E-state index contributed by atoms with van der Waals surface area (Å²) >= 11 is 6.69. The van der Waals surface area contributed by atoms with E-state index in [2.05, 4.69) is 10.2 Å². The van der Waals surface area contributed by atoms with Crippen molar-refractivity contribution >= 4 is 35.4 Å². The van der Waals surface area contributed by atoms with Gasteiger partial charge in [0.25, 0.3) is 5.22 Å². The monoisotopic (exact) mass is 415 g/mol. The van der Waals surface area contributed by atoms with Crippen LogP contribution in [0.5, 0.6) is 5.75 Å². The molecule has 0 amide bonds. The lowest BCUT2D eigenvalue weighted by Gasteiger charge is -2.07. The number of halogens is 1. The lowest BCUT2D eigenvalue weighted by atomic mass is 10.2. The Hall–Kier alpha value is -2.77. The van der Waals surface area contributed by atoms with Crippen LogP contribution in [0.4, 0.5) is 0 Å². The Morgan fingerprint density at radius 1 is 1.18 bits per heavy atom. The normalized spacial score (nSPS) is 11.4. The van der Waals surface area contributed by atoms with E-state index in [0.29, 0.717) is 22.8 Å². The fourth-order valence-corrected chi connectivity index (χ4v) is 3.01. The number of carboxylic acids is 1. The van der Waals surface area contributed by atoms with Crippen LogP contribution >= 0.6 is 23.4 Å². The number of hydrogen-bond donors (Lipinski definition) is 0. The zero-order valence-electron chi connectivity index (χ0n) is 14.9. The van der Waals surface area contributed by atoms with Gasteiger partial charge in [0, 0.05) is 15.5 Å². The van der Waals surface area contributed by atoms with Crippen LogP contribution in [0.25, 0.3) is 17.5 Å². The number of nitrogens with zero attached hydrogens (tertiary/aromatic N) is 2. The Kier molecular flexibility index (Phi) is 6.73. The topological polar surface area (TPSA) is 88.3 Å². The first-order chi connectivity index (χ1) is 13.5. The fourth-order valence-electron chi connectivity index (χ4n) is 2.22. The Labute approximate surface area is 171 Å². The van der Waals surface area contributed by atoms with E-state index in [4.69, 9.17) is 20.8 Å². The second kappa shape index (κ2) is 9.43. The third-order valence-corrected chi connectivity index (χ3v) is 4.64. The van der Waals surface area contributed by atoms with Crippen molar-refractivity contribution in [3.05, 3.63) is 64.0 Å². The largest absolute Gasteiger partial charge is 0.544 e. The minimum atomic E-state index is -1.33. The van der Waals surface area contributed by atoms with Crippen molar-refractivity contribution in [2.24, 2.45) is 0 Å². The van der Waals surface area contributed by atoms with Crippen LogP contribution in [-0.4, -0.2) is 22.8 Å². The molecule has 3 aromatic rings. The Morgan fingerprint density at radius 2 is 1.89 bits per heavy atom. The molecule has 0 saturated heterocycles. The van der Waals surface area contributed by atoms with Crippen LogP contribution in [-0.2, 0) is 4.79 Å². The molecule has 0 unspecified atom stereocenters. The zero-order valence-corrected chi connectivity index (χ0v) is 16.5. The molecule has 2 aromatic carbocycles. The maximum absolute atomic E-state index is 11.5. The number of ether oxygens (including phenoxy) is 1. The summed E-state index contributed by atoms with van der Waals surface area (Å²) in [5.74, 6) is -0.331. The molecule has 144 valence electrons. The molecular weight excluding hydrogens is 400 g/mol. The van der Waals surface area contributed by atoms with Gasteiger partial charge in [0.05, 0.1) is 12.6 Å². The highest BCUT2D eigenvalue weighted by molar-refractivity contribution is 8.03. The third kappa shape index (κ3) is 5.37. The molecule has 0 atom stereocenters. The minimum Gasteiger partial charge on any atom is -0.544 e. The molecule has 28 heavy (non-hydrogen) atoms. The van der Waals surface area contributed by atoms with Gasteiger partial charge in [0.15, 0.2) is 0 Å². The third-order valence-electron chi connectivity index (χ3n) is 3.55. The quantitative estimate of drug-likeness (QED) is 0.404. The molecule has 3 rings (SSSR count). The smallest absolute Gasteiger partial charge is 0.281 e.